The zero-order valence-electron chi connectivity index (χ0n) is 9.61. The van der Waals surface area contributed by atoms with Crippen LogP contribution in [0.4, 0.5) is 4.79 Å². The first-order valence-electron chi connectivity index (χ1n) is 4.89. The van der Waals surface area contributed by atoms with Gasteiger partial charge in [0, 0.05) is 0 Å². The Kier molecular flexibility index (Phi) is 4.99. The van der Waals surface area contributed by atoms with Gasteiger partial charge < -0.3 is 9.47 Å². The molecule has 0 heterocycles. The zero-order chi connectivity index (χ0) is 14.3. The molecule has 0 saturated heterocycles. The molecule has 7 nitrogen and oxygen atoms in total. The fourth-order valence-corrected chi connectivity index (χ4v) is 1.72. The Labute approximate surface area is 109 Å². The minimum Gasteiger partial charge on any atom is -0.430 e. The molecule has 8 heteroatoms. The molecule has 1 rings (SSSR count). The number of hydrogen-bond acceptors (Lipinski definition) is 6. The van der Waals surface area contributed by atoms with Gasteiger partial charge in [0.25, 0.3) is 16.1 Å². The van der Waals surface area contributed by atoms with Crippen molar-refractivity contribution >= 4 is 22.3 Å². The third kappa shape index (κ3) is 4.38. The van der Waals surface area contributed by atoms with Crippen molar-refractivity contribution in [1.82, 2.24) is 0 Å². The van der Waals surface area contributed by atoms with E-state index < -0.39 is 16.2 Å². The molecule has 100 valence electrons. The van der Waals surface area contributed by atoms with E-state index in [0.29, 0.717) is 0 Å². The van der Waals surface area contributed by atoms with Crippen molar-refractivity contribution in [3.8, 4) is 5.75 Å². The zero-order valence-corrected chi connectivity index (χ0v) is 10.4. The SMILES string of the molecule is C=CCOC(=O)Oc1ccc(S(=O)(=O)N=C=O)cc1. The average Bonchev–Trinajstić information content (AvgIpc) is 2.37. The summed E-state index contributed by atoms with van der Waals surface area (Å²) in [7, 11) is -4.05. The lowest BCUT2D eigenvalue weighted by molar-refractivity contribution is 0.109. The number of hydrogen-bond donors (Lipinski definition) is 0. The van der Waals surface area contributed by atoms with Gasteiger partial charge in [0.2, 0.25) is 0 Å². The van der Waals surface area contributed by atoms with E-state index in [0.717, 1.165) is 18.2 Å². The molecule has 1 aromatic rings. The van der Waals surface area contributed by atoms with Gasteiger partial charge in [-0.15, -0.1) is 0 Å². The first kappa shape index (κ1) is 14.6. The Morgan fingerprint density at radius 1 is 1.37 bits per heavy atom. The molecule has 0 atom stereocenters. The van der Waals surface area contributed by atoms with Crippen LogP contribution in [0.25, 0.3) is 0 Å². The van der Waals surface area contributed by atoms with Gasteiger partial charge in [0.15, 0.2) is 0 Å². The summed E-state index contributed by atoms with van der Waals surface area (Å²) in [5.74, 6) is 0.0862. The van der Waals surface area contributed by atoms with Gasteiger partial charge in [-0.3, -0.25) is 0 Å². The third-order valence-electron chi connectivity index (χ3n) is 1.80. The lowest BCUT2D eigenvalue weighted by Gasteiger charge is -2.04. The average molecular weight is 283 g/mol. The lowest BCUT2D eigenvalue weighted by atomic mass is 10.3. The van der Waals surface area contributed by atoms with Crippen LogP contribution in [0.3, 0.4) is 0 Å². The van der Waals surface area contributed by atoms with Crippen LogP contribution in [0, 0.1) is 0 Å². The molecule has 0 spiro atoms. The fraction of sp³-hybridized carbons (Fsp3) is 0.0909. The molecular weight excluding hydrogens is 274 g/mol. The minimum absolute atomic E-state index is 0.000649. The number of rotatable bonds is 5. The Hall–Kier alpha value is -2.44. The van der Waals surface area contributed by atoms with Crippen LogP contribution in [0.1, 0.15) is 0 Å². The summed E-state index contributed by atoms with van der Waals surface area (Å²) in [5, 5.41) is 0. The van der Waals surface area contributed by atoms with Crippen molar-refractivity contribution in [3.63, 3.8) is 0 Å². The van der Waals surface area contributed by atoms with Gasteiger partial charge in [0.1, 0.15) is 12.4 Å². The highest BCUT2D eigenvalue weighted by molar-refractivity contribution is 7.90. The van der Waals surface area contributed by atoms with E-state index in [4.69, 9.17) is 4.74 Å². The highest BCUT2D eigenvalue weighted by atomic mass is 32.2. The van der Waals surface area contributed by atoms with Crippen molar-refractivity contribution in [1.29, 1.82) is 0 Å². The second-order valence-corrected chi connectivity index (χ2v) is 4.68. The van der Waals surface area contributed by atoms with E-state index in [1.165, 1.54) is 18.2 Å². The van der Waals surface area contributed by atoms with E-state index in [9.17, 15) is 18.0 Å². The fourth-order valence-electron chi connectivity index (χ4n) is 1.03. The van der Waals surface area contributed by atoms with Crippen LogP contribution in [-0.2, 0) is 19.6 Å². The normalized spacial score (nSPS) is 10.1. The highest BCUT2D eigenvalue weighted by Gasteiger charge is 2.13. The summed E-state index contributed by atoms with van der Waals surface area (Å²) in [4.78, 5) is 20.8. The van der Waals surface area contributed by atoms with Crippen molar-refractivity contribution < 1.29 is 27.5 Å². The summed E-state index contributed by atoms with van der Waals surface area (Å²) in [5.41, 5.74) is 0. The number of isocyanates is 1. The molecule has 0 aliphatic rings. The largest absolute Gasteiger partial charge is 0.514 e. The van der Waals surface area contributed by atoms with Crippen LogP contribution >= 0.6 is 0 Å². The minimum atomic E-state index is -4.05. The summed E-state index contributed by atoms with van der Waals surface area (Å²) < 4.78 is 34.6. The lowest BCUT2D eigenvalue weighted by Crippen LogP contribution is -2.10. The number of nitrogens with zero attached hydrogens (tertiary/aromatic N) is 1. The molecule has 0 aliphatic heterocycles. The molecule has 19 heavy (non-hydrogen) atoms. The number of ether oxygens (including phenoxy) is 2. The standard InChI is InChI=1S/C11H9NO6S/c1-2-7-17-11(14)18-9-3-5-10(6-4-9)19(15,16)12-8-13/h2-6H,1,7H2. The quantitative estimate of drug-likeness (QED) is 0.266. The third-order valence-corrected chi connectivity index (χ3v) is 2.98. The van der Waals surface area contributed by atoms with E-state index >= 15 is 0 Å². The molecule has 0 aliphatic carbocycles. The van der Waals surface area contributed by atoms with Gasteiger partial charge in [-0.2, -0.15) is 8.42 Å². The number of carbonyl (C=O) groups is 1. The molecule has 1 aromatic carbocycles. The van der Waals surface area contributed by atoms with Gasteiger partial charge >= 0.3 is 6.16 Å². The molecule has 0 unspecified atom stereocenters. The summed E-state index contributed by atoms with van der Waals surface area (Å²) >= 11 is 0. The number of sulfonamides is 1. The first-order valence-corrected chi connectivity index (χ1v) is 6.33. The van der Waals surface area contributed by atoms with Gasteiger partial charge in [-0.05, 0) is 24.3 Å². The maximum absolute atomic E-state index is 11.3. The topological polar surface area (TPSA) is 99.1 Å². The predicted molar refractivity (Wildman–Crippen MR) is 63.9 cm³/mol. The molecular formula is C11H9NO6S. The maximum atomic E-state index is 11.3. The van der Waals surface area contributed by atoms with E-state index in [-0.39, 0.29) is 17.3 Å². The van der Waals surface area contributed by atoms with E-state index in [1.54, 1.807) is 0 Å². The van der Waals surface area contributed by atoms with Gasteiger partial charge in [0.05, 0.1) is 4.90 Å². The Balaban J connectivity index is 2.80. The summed E-state index contributed by atoms with van der Waals surface area (Å²) in [6, 6.07) is 4.71. The van der Waals surface area contributed by atoms with Crippen molar-refractivity contribution in [2.75, 3.05) is 6.61 Å². The summed E-state index contributed by atoms with van der Waals surface area (Å²) in [6.45, 7) is 3.35. The monoisotopic (exact) mass is 283 g/mol. The Morgan fingerprint density at radius 2 is 2.00 bits per heavy atom. The van der Waals surface area contributed by atoms with Crippen LogP contribution in [0.5, 0.6) is 5.75 Å². The molecule has 0 radical (unpaired) electrons. The smallest absolute Gasteiger partial charge is 0.430 e. The highest BCUT2D eigenvalue weighted by Crippen LogP contribution is 2.17. The summed E-state index contributed by atoms with van der Waals surface area (Å²) in [6.07, 6.45) is 1.38. The predicted octanol–water partition coefficient (Wildman–Crippen LogP) is 1.41. The van der Waals surface area contributed by atoms with Crippen LogP contribution < -0.4 is 4.74 Å². The van der Waals surface area contributed by atoms with Crippen LogP contribution in [0.2, 0.25) is 0 Å². The van der Waals surface area contributed by atoms with Gasteiger partial charge in [-0.1, -0.05) is 17.1 Å². The molecule has 0 fully saturated rings. The van der Waals surface area contributed by atoms with E-state index in [2.05, 4.69) is 15.7 Å². The molecule has 0 aromatic heterocycles. The Morgan fingerprint density at radius 3 is 2.53 bits per heavy atom. The molecule has 0 amide bonds. The molecule has 0 saturated carbocycles. The second kappa shape index (κ2) is 6.48. The van der Waals surface area contributed by atoms with Crippen molar-refractivity contribution in [2.45, 2.75) is 4.90 Å². The number of carbonyl (C=O) groups excluding carboxylic acids is 2. The number of benzene rings is 1. The van der Waals surface area contributed by atoms with Crippen molar-refractivity contribution in [2.24, 2.45) is 4.40 Å². The maximum Gasteiger partial charge on any atom is 0.514 e. The Bertz CT molecular complexity index is 613. The second-order valence-electron chi connectivity index (χ2n) is 3.08. The van der Waals surface area contributed by atoms with Crippen molar-refractivity contribution in [3.05, 3.63) is 36.9 Å². The molecule has 0 N–H and O–H groups in total. The van der Waals surface area contributed by atoms with Crippen LogP contribution in [0.15, 0.2) is 46.2 Å². The first-order chi connectivity index (χ1) is 8.99. The van der Waals surface area contributed by atoms with Gasteiger partial charge in [-0.25, -0.2) is 9.59 Å². The van der Waals surface area contributed by atoms with Crippen LogP contribution in [-0.4, -0.2) is 27.3 Å². The van der Waals surface area contributed by atoms with E-state index in [1.807, 2.05) is 0 Å². The molecule has 0 bridgehead atoms.